The van der Waals surface area contributed by atoms with Crippen LogP contribution in [0.25, 0.3) is 0 Å². The minimum atomic E-state index is -0.246. The molecule has 0 atom stereocenters. The van der Waals surface area contributed by atoms with Gasteiger partial charge in [-0.2, -0.15) is 0 Å². The van der Waals surface area contributed by atoms with Crippen LogP contribution in [0.3, 0.4) is 0 Å². The maximum absolute atomic E-state index is 11.6. The molecule has 2 aromatic heterocycles. The molecule has 5 nitrogen and oxygen atoms in total. The lowest BCUT2D eigenvalue weighted by Gasteiger charge is -2.01. The van der Waals surface area contributed by atoms with Gasteiger partial charge < -0.3 is 9.84 Å². The molecule has 0 spiro atoms. The molecule has 2 heterocycles. The molecule has 0 saturated heterocycles. The van der Waals surface area contributed by atoms with Crippen molar-refractivity contribution in [1.82, 2.24) is 15.5 Å². The van der Waals surface area contributed by atoms with E-state index in [1.165, 1.54) is 6.20 Å². The van der Waals surface area contributed by atoms with Gasteiger partial charge in [0.2, 0.25) is 0 Å². The van der Waals surface area contributed by atoms with Crippen LogP contribution in [0, 0.1) is 0 Å². The third kappa shape index (κ3) is 2.66. The highest BCUT2D eigenvalue weighted by atomic mass is 79.9. The molecule has 0 radical (unpaired) electrons. The standard InChI is InChI=1S/C10H8BrN3O2/c11-7-1-2-9(12-5-7)10(15)13-6-8-3-4-14-16-8/h1-5H,6H2,(H,13,15). The van der Waals surface area contributed by atoms with Gasteiger partial charge in [-0.15, -0.1) is 0 Å². The number of carbonyl (C=O) groups is 1. The Morgan fingerprint density at radius 1 is 1.44 bits per heavy atom. The van der Waals surface area contributed by atoms with Crippen LogP contribution >= 0.6 is 15.9 Å². The summed E-state index contributed by atoms with van der Waals surface area (Å²) in [6.07, 6.45) is 3.10. The number of hydrogen-bond acceptors (Lipinski definition) is 4. The zero-order valence-electron chi connectivity index (χ0n) is 8.18. The molecule has 0 fully saturated rings. The van der Waals surface area contributed by atoms with E-state index in [0.717, 1.165) is 4.47 Å². The van der Waals surface area contributed by atoms with Crippen LogP contribution in [-0.2, 0) is 6.54 Å². The number of aromatic nitrogens is 2. The quantitative estimate of drug-likeness (QED) is 0.931. The molecule has 16 heavy (non-hydrogen) atoms. The molecule has 0 aromatic carbocycles. The Kier molecular flexibility index (Phi) is 3.31. The van der Waals surface area contributed by atoms with Gasteiger partial charge in [0.05, 0.1) is 12.7 Å². The van der Waals surface area contributed by atoms with Crippen molar-refractivity contribution >= 4 is 21.8 Å². The molecule has 2 aromatic rings. The highest BCUT2D eigenvalue weighted by molar-refractivity contribution is 9.10. The number of carbonyl (C=O) groups excluding carboxylic acids is 1. The Morgan fingerprint density at radius 2 is 2.31 bits per heavy atom. The second-order valence-electron chi connectivity index (χ2n) is 3.02. The van der Waals surface area contributed by atoms with E-state index < -0.39 is 0 Å². The van der Waals surface area contributed by atoms with Crippen LogP contribution < -0.4 is 5.32 Å². The van der Waals surface area contributed by atoms with Gasteiger partial charge in [-0.05, 0) is 28.1 Å². The molecule has 0 unspecified atom stereocenters. The zero-order valence-corrected chi connectivity index (χ0v) is 9.77. The van der Waals surface area contributed by atoms with Crippen molar-refractivity contribution in [2.24, 2.45) is 0 Å². The summed E-state index contributed by atoms with van der Waals surface area (Å²) in [6.45, 7) is 0.302. The van der Waals surface area contributed by atoms with Crippen molar-refractivity contribution in [2.45, 2.75) is 6.54 Å². The number of pyridine rings is 1. The minimum absolute atomic E-state index is 0.246. The first-order chi connectivity index (χ1) is 7.75. The highest BCUT2D eigenvalue weighted by Gasteiger charge is 2.07. The van der Waals surface area contributed by atoms with Crippen molar-refractivity contribution in [3.8, 4) is 0 Å². The summed E-state index contributed by atoms with van der Waals surface area (Å²) in [6, 6.07) is 5.09. The van der Waals surface area contributed by atoms with Crippen LogP contribution in [0.15, 0.2) is 39.6 Å². The molecule has 1 amide bonds. The van der Waals surface area contributed by atoms with Crippen LogP contribution in [0.5, 0.6) is 0 Å². The van der Waals surface area contributed by atoms with Crippen LogP contribution in [0.2, 0.25) is 0 Å². The summed E-state index contributed by atoms with van der Waals surface area (Å²) in [5.41, 5.74) is 0.364. The molecule has 0 aliphatic heterocycles. The Hall–Kier alpha value is -1.69. The van der Waals surface area contributed by atoms with Crippen molar-refractivity contribution in [2.75, 3.05) is 0 Å². The first-order valence-corrected chi connectivity index (χ1v) is 5.34. The van der Waals surface area contributed by atoms with Gasteiger partial charge in [-0.3, -0.25) is 4.79 Å². The van der Waals surface area contributed by atoms with Crippen molar-refractivity contribution in [3.05, 3.63) is 46.5 Å². The number of nitrogens with one attached hydrogen (secondary N) is 1. The molecular formula is C10H8BrN3O2. The largest absolute Gasteiger partial charge is 0.360 e. The smallest absolute Gasteiger partial charge is 0.270 e. The Labute approximate surface area is 100.0 Å². The van der Waals surface area contributed by atoms with E-state index in [1.54, 1.807) is 24.4 Å². The summed E-state index contributed by atoms with van der Waals surface area (Å²) >= 11 is 3.25. The van der Waals surface area contributed by atoms with E-state index in [-0.39, 0.29) is 5.91 Å². The van der Waals surface area contributed by atoms with Crippen molar-refractivity contribution in [1.29, 1.82) is 0 Å². The van der Waals surface area contributed by atoms with Gasteiger partial charge in [0.15, 0.2) is 5.76 Å². The van der Waals surface area contributed by atoms with E-state index in [1.807, 2.05) is 0 Å². The van der Waals surface area contributed by atoms with Crippen LogP contribution in [0.1, 0.15) is 16.2 Å². The SMILES string of the molecule is O=C(NCc1ccno1)c1ccc(Br)cn1. The normalized spacial score (nSPS) is 10.1. The van der Waals surface area contributed by atoms with Crippen LogP contribution in [0.4, 0.5) is 0 Å². The number of halogens is 1. The zero-order chi connectivity index (χ0) is 11.4. The molecule has 0 bridgehead atoms. The topological polar surface area (TPSA) is 68.0 Å². The maximum Gasteiger partial charge on any atom is 0.270 e. The van der Waals surface area contributed by atoms with Crippen LogP contribution in [-0.4, -0.2) is 16.0 Å². The number of hydrogen-bond donors (Lipinski definition) is 1. The second kappa shape index (κ2) is 4.89. The number of nitrogens with zero attached hydrogens (tertiary/aromatic N) is 2. The summed E-state index contributed by atoms with van der Waals surface area (Å²) in [5.74, 6) is 0.356. The Bertz CT molecular complexity index is 467. The van der Waals surface area contributed by atoms with Crippen molar-refractivity contribution < 1.29 is 9.32 Å². The lowest BCUT2D eigenvalue weighted by molar-refractivity contribution is 0.0942. The Balaban J connectivity index is 1.95. The fourth-order valence-electron chi connectivity index (χ4n) is 1.10. The molecular weight excluding hydrogens is 274 g/mol. The second-order valence-corrected chi connectivity index (χ2v) is 3.94. The maximum atomic E-state index is 11.6. The van der Waals surface area contributed by atoms with Gasteiger partial charge in [-0.25, -0.2) is 4.98 Å². The fourth-order valence-corrected chi connectivity index (χ4v) is 1.34. The van der Waals surface area contributed by atoms with Gasteiger partial charge in [-0.1, -0.05) is 5.16 Å². The molecule has 0 aliphatic rings. The minimum Gasteiger partial charge on any atom is -0.360 e. The lowest BCUT2D eigenvalue weighted by atomic mass is 10.3. The summed E-state index contributed by atoms with van der Waals surface area (Å²) < 4.78 is 5.68. The van der Waals surface area contributed by atoms with Gasteiger partial charge in [0, 0.05) is 16.7 Å². The molecule has 6 heteroatoms. The van der Waals surface area contributed by atoms with E-state index in [9.17, 15) is 4.79 Å². The fraction of sp³-hybridized carbons (Fsp3) is 0.100. The monoisotopic (exact) mass is 281 g/mol. The number of rotatable bonds is 3. The first-order valence-electron chi connectivity index (χ1n) is 4.55. The van der Waals surface area contributed by atoms with Crippen molar-refractivity contribution in [3.63, 3.8) is 0 Å². The average molecular weight is 282 g/mol. The van der Waals surface area contributed by atoms with E-state index >= 15 is 0 Å². The highest BCUT2D eigenvalue weighted by Crippen LogP contribution is 2.07. The molecule has 82 valence electrons. The van der Waals surface area contributed by atoms with Gasteiger partial charge >= 0.3 is 0 Å². The van der Waals surface area contributed by atoms with E-state index in [0.29, 0.717) is 18.0 Å². The predicted octanol–water partition coefficient (Wildman–Crippen LogP) is 1.76. The third-order valence-corrected chi connectivity index (χ3v) is 2.34. The summed E-state index contributed by atoms with van der Waals surface area (Å²) in [4.78, 5) is 15.6. The lowest BCUT2D eigenvalue weighted by Crippen LogP contribution is -2.23. The van der Waals surface area contributed by atoms with Gasteiger partial charge in [0.25, 0.3) is 5.91 Å². The third-order valence-electron chi connectivity index (χ3n) is 1.87. The molecule has 1 N–H and O–H groups in total. The Morgan fingerprint density at radius 3 is 2.94 bits per heavy atom. The molecule has 0 saturated carbocycles. The molecule has 0 aliphatic carbocycles. The number of amides is 1. The van der Waals surface area contributed by atoms with E-state index in [2.05, 4.69) is 31.4 Å². The van der Waals surface area contributed by atoms with E-state index in [4.69, 9.17) is 4.52 Å². The summed E-state index contributed by atoms with van der Waals surface area (Å²) in [7, 11) is 0. The predicted molar refractivity (Wildman–Crippen MR) is 59.6 cm³/mol. The van der Waals surface area contributed by atoms with Gasteiger partial charge in [0.1, 0.15) is 5.69 Å². The average Bonchev–Trinajstić information content (AvgIpc) is 2.80. The molecule has 2 rings (SSSR count). The summed E-state index contributed by atoms with van der Waals surface area (Å²) in [5, 5.41) is 6.21. The first kappa shape index (κ1) is 10.8.